The summed E-state index contributed by atoms with van der Waals surface area (Å²) in [5.74, 6) is 4.23. The van der Waals surface area contributed by atoms with Crippen molar-refractivity contribution in [3.05, 3.63) is 47.6 Å². The number of ketones is 2. The summed E-state index contributed by atoms with van der Waals surface area (Å²) in [5.41, 5.74) is 3.88. The second-order valence-corrected chi connectivity index (χ2v) is 15.0. The smallest absolute Gasteiger partial charge is 0.178 e. The van der Waals surface area contributed by atoms with Crippen LogP contribution in [-0.2, 0) is 9.59 Å². The lowest BCUT2D eigenvalue weighted by Gasteiger charge is -2.52. The number of anilines is 3. The molecule has 1 aromatic rings. The Kier molecular flexibility index (Phi) is 10.7. The van der Waals surface area contributed by atoms with Gasteiger partial charge >= 0.3 is 0 Å². The number of carbonyl (C=O) groups is 2. The first kappa shape index (κ1) is 35.7. The second-order valence-electron chi connectivity index (χ2n) is 15.0. The first-order valence-electron chi connectivity index (χ1n) is 18.2. The van der Waals surface area contributed by atoms with Gasteiger partial charge in [0.1, 0.15) is 5.82 Å². The summed E-state index contributed by atoms with van der Waals surface area (Å²) in [7, 11) is 0. The highest BCUT2D eigenvalue weighted by Crippen LogP contribution is 2.65. The maximum absolute atomic E-state index is 14.3. The van der Waals surface area contributed by atoms with Gasteiger partial charge in [0.15, 0.2) is 17.4 Å². The van der Waals surface area contributed by atoms with Gasteiger partial charge in [-0.25, -0.2) is 4.98 Å². The van der Waals surface area contributed by atoms with Crippen LogP contribution in [0.15, 0.2) is 47.6 Å². The van der Waals surface area contributed by atoms with E-state index in [2.05, 4.69) is 92.4 Å². The van der Waals surface area contributed by atoms with Crippen LogP contribution in [0.25, 0.3) is 0 Å². The van der Waals surface area contributed by atoms with E-state index in [1.807, 2.05) is 6.08 Å². The summed E-state index contributed by atoms with van der Waals surface area (Å²) in [5, 5.41) is 0. The lowest BCUT2D eigenvalue weighted by Crippen LogP contribution is -2.51. The number of hydrogen-bond acceptors (Lipinski definition) is 7. The predicted molar refractivity (Wildman–Crippen MR) is 197 cm³/mol. The highest BCUT2D eigenvalue weighted by Gasteiger charge is 2.59. The number of aromatic nitrogens is 1. The highest BCUT2D eigenvalue weighted by molar-refractivity contribution is 6.01. The molecule has 4 aliphatic carbocycles. The van der Waals surface area contributed by atoms with Gasteiger partial charge in [-0.1, -0.05) is 37.1 Å². The molecule has 258 valence electrons. The molecule has 2 unspecified atom stereocenters. The number of pyridine rings is 1. The maximum atomic E-state index is 14.3. The zero-order valence-corrected chi connectivity index (χ0v) is 30.7. The summed E-state index contributed by atoms with van der Waals surface area (Å²) in [6.07, 6.45) is 12.5. The number of fused-ring (bicyclic) bond motifs is 5. The monoisotopic (exact) mass is 663 g/mol. The van der Waals surface area contributed by atoms with E-state index in [0.29, 0.717) is 30.1 Å². The maximum Gasteiger partial charge on any atom is 0.178 e. The summed E-state index contributed by atoms with van der Waals surface area (Å²) in [6.45, 7) is 23.7. The van der Waals surface area contributed by atoms with Crippen LogP contribution in [0.2, 0.25) is 0 Å². The van der Waals surface area contributed by atoms with Gasteiger partial charge in [0, 0.05) is 63.7 Å². The van der Waals surface area contributed by atoms with Crippen molar-refractivity contribution in [3.63, 3.8) is 0 Å². The molecule has 0 amide bonds. The Balaban J connectivity index is 0.00000433. The van der Waals surface area contributed by atoms with Gasteiger partial charge in [-0.15, -0.1) is 12.4 Å². The van der Waals surface area contributed by atoms with Gasteiger partial charge < -0.3 is 14.7 Å². The molecule has 7 nitrogen and oxygen atoms in total. The minimum atomic E-state index is -0.131. The minimum Gasteiger partial charge on any atom is -0.369 e. The van der Waals surface area contributed by atoms with Gasteiger partial charge in [-0.05, 0) is 108 Å². The van der Waals surface area contributed by atoms with E-state index in [-0.39, 0.29) is 34.9 Å². The van der Waals surface area contributed by atoms with Gasteiger partial charge in [-0.3, -0.25) is 14.5 Å². The molecular formula is C39H58ClN5O2. The van der Waals surface area contributed by atoms with Crippen molar-refractivity contribution < 1.29 is 9.59 Å². The molecule has 0 aromatic carbocycles. The number of carbonyl (C=O) groups excluding carboxylic acids is 2. The van der Waals surface area contributed by atoms with Crippen LogP contribution in [0.5, 0.6) is 0 Å². The van der Waals surface area contributed by atoms with Crippen molar-refractivity contribution >= 4 is 41.3 Å². The number of allylic oxidation sites excluding steroid dienone is 6. The number of halogens is 1. The molecule has 5 aliphatic rings. The standard InChI is InChI=1S/C39H57N5O2.ClH/c1-8-42(9-2)33-14-15-35(43(10-3)11-4)40-37(33)44-22-20-41(21-23-44)26-34(46)36-27(5)24-32-30-13-12-28-25-29(45)16-18-38(28,6)31(30)17-19-39(32,36)7;/h14-18,25,27,30,32,36H,8-13,19-24,26H2,1-7H3;1H/t27-,30?,32?,36-,38+,39+;/m1./s1. The Morgan fingerprint density at radius 2 is 1.68 bits per heavy atom. The number of rotatable bonds is 10. The SMILES string of the molecule is CCN(CC)c1ccc(N(CC)CC)c(N2CCN(CC(=O)[C@H]3[C@H](C)CC4C5CCC6=CC(=O)C=C[C@]6(C)C5=CC[C@@]43C)CC2)n1.Cl. The van der Waals surface area contributed by atoms with Gasteiger partial charge in [0.05, 0.1) is 12.2 Å². The third-order valence-corrected chi connectivity index (χ3v) is 12.7. The number of hydrogen-bond donors (Lipinski definition) is 0. The molecule has 8 heteroatoms. The van der Waals surface area contributed by atoms with E-state index in [1.165, 1.54) is 16.8 Å². The molecule has 2 heterocycles. The fourth-order valence-electron chi connectivity index (χ4n) is 10.2. The van der Waals surface area contributed by atoms with E-state index >= 15 is 0 Å². The molecule has 0 radical (unpaired) electrons. The Labute approximate surface area is 289 Å². The highest BCUT2D eigenvalue weighted by atomic mass is 35.5. The molecule has 1 saturated heterocycles. The first-order valence-corrected chi connectivity index (χ1v) is 18.2. The number of nitrogens with zero attached hydrogens (tertiary/aromatic N) is 5. The molecular weight excluding hydrogens is 606 g/mol. The van der Waals surface area contributed by atoms with E-state index in [0.717, 1.165) is 89.7 Å². The average Bonchev–Trinajstić information content (AvgIpc) is 3.33. The van der Waals surface area contributed by atoms with Crippen LogP contribution < -0.4 is 14.7 Å². The third-order valence-electron chi connectivity index (χ3n) is 12.7. The quantitative estimate of drug-likeness (QED) is 0.251. The van der Waals surface area contributed by atoms with Crippen molar-refractivity contribution in [3.8, 4) is 0 Å². The lowest BCUT2D eigenvalue weighted by atomic mass is 9.52. The zero-order valence-electron chi connectivity index (χ0n) is 29.9. The molecule has 6 rings (SSSR count). The van der Waals surface area contributed by atoms with Crippen LogP contribution in [0.4, 0.5) is 17.3 Å². The molecule has 2 saturated carbocycles. The average molecular weight is 664 g/mol. The Hall–Kier alpha value is -2.64. The largest absolute Gasteiger partial charge is 0.369 e. The second kappa shape index (κ2) is 14.1. The van der Waals surface area contributed by atoms with Crippen molar-refractivity contribution in [2.24, 2.45) is 34.5 Å². The lowest BCUT2D eigenvalue weighted by molar-refractivity contribution is -0.129. The molecule has 3 fully saturated rings. The van der Waals surface area contributed by atoms with Crippen LogP contribution in [-0.4, -0.2) is 80.4 Å². The topological polar surface area (TPSA) is 60.0 Å². The van der Waals surface area contributed by atoms with Gasteiger partial charge in [0.25, 0.3) is 0 Å². The summed E-state index contributed by atoms with van der Waals surface area (Å²) < 4.78 is 0. The van der Waals surface area contributed by atoms with Crippen LogP contribution in [0.1, 0.15) is 74.1 Å². The Morgan fingerprint density at radius 3 is 2.34 bits per heavy atom. The third kappa shape index (κ3) is 6.20. The first-order chi connectivity index (χ1) is 22.1. The van der Waals surface area contributed by atoms with Gasteiger partial charge in [-0.2, -0.15) is 0 Å². The Morgan fingerprint density at radius 1 is 1.00 bits per heavy atom. The van der Waals surface area contributed by atoms with Crippen LogP contribution >= 0.6 is 12.4 Å². The van der Waals surface area contributed by atoms with E-state index in [9.17, 15) is 9.59 Å². The van der Waals surface area contributed by atoms with Crippen LogP contribution in [0, 0.1) is 34.5 Å². The number of Topliss-reactive ketones (excluding diaryl/α,β-unsaturated/α-hetero) is 1. The summed E-state index contributed by atoms with van der Waals surface area (Å²) >= 11 is 0. The van der Waals surface area contributed by atoms with E-state index < -0.39 is 0 Å². The van der Waals surface area contributed by atoms with Crippen molar-refractivity contribution in [2.75, 3.05) is 73.6 Å². The molecule has 1 aliphatic heterocycles. The predicted octanol–water partition coefficient (Wildman–Crippen LogP) is 6.98. The van der Waals surface area contributed by atoms with Crippen molar-refractivity contribution in [1.82, 2.24) is 9.88 Å². The van der Waals surface area contributed by atoms with Crippen molar-refractivity contribution in [2.45, 2.75) is 74.1 Å². The fraction of sp³-hybridized carbons (Fsp3) is 0.667. The minimum absolute atomic E-state index is 0. The molecule has 0 bridgehead atoms. The molecule has 6 atom stereocenters. The van der Waals surface area contributed by atoms with Crippen LogP contribution in [0.3, 0.4) is 0 Å². The number of piperazine rings is 1. The van der Waals surface area contributed by atoms with E-state index in [1.54, 1.807) is 6.08 Å². The molecule has 1 aromatic heterocycles. The van der Waals surface area contributed by atoms with Gasteiger partial charge in [0.2, 0.25) is 0 Å². The Bertz CT molecular complexity index is 1420. The molecule has 47 heavy (non-hydrogen) atoms. The van der Waals surface area contributed by atoms with Crippen molar-refractivity contribution in [1.29, 1.82) is 0 Å². The summed E-state index contributed by atoms with van der Waals surface area (Å²) in [4.78, 5) is 41.2. The van der Waals surface area contributed by atoms with E-state index in [4.69, 9.17) is 4.98 Å². The zero-order chi connectivity index (χ0) is 32.8. The summed E-state index contributed by atoms with van der Waals surface area (Å²) in [6, 6.07) is 4.44. The molecule has 0 spiro atoms. The normalized spacial score (nSPS) is 31.6. The fourth-order valence-corrected chi connectivity index (χ4v) is 10.2. The molecule has 0 N–H and O–H groups in total.